The number of nitrogens with zero attached hydrogens (tertiary/aromatic N) is 1. The Kier molecular flexibility index (Phi) is 11.7. The molecular weight excluding hydrogens is 394 g/mol. The molecule has 2 N–H and O–H groups in total. The average molecular weight is 428 g/mol. The van der Waals surface area contributed by atoms with Gasteiger partial charge in [-0.2, -0.15) is 0 Å². The Labute approximate surface area is 180 Å². The lowest BCUT2D eigenvalue weighted by Gasteiger charge is -2.33. The third-order valence-corrected chi connectivity index (χ3v) is 5.56. The number of rotatable bonds is 8. The molecule has 1 unspecified atom stereocenters. The topological polar surface area (TPSA) is 87.7 Å². The molecule has 2 saturated heterocycles. The zero-order valence-electron chi connectivity index (χ0n) is 17.3. The summed E-state index contributed by atoms with van der Waals surface area (Å²) in [5, 5.41) is 6.09. The van der Waals surface area contributed by atoms with Crippen molar-refractivity contribution in [2.24, 2.45) is 11.8 Å². The highest BCUT2D eigenvalue weighted by Crippen LogP contribution is 2.21. The van der Waals surface area contributed by atoms with Crippen LogP contribution in [0.5, 0.6) is 0 Å². The SMILES string of the molecule is C#CC(CC(=O)OCC)NC(=O)[C@@H]1CCCN(C(=O)CCC2CCNCC2)C1.Cl. The van der Waals surface area contributed by atoms with Crippen LogP contribution in [0.15, 0.2) is 0 Å². The summed E-state index contributed by atoms with van der Waals surface area (Å²) in [4.78, 5) is 38.6. The van der Waals surface area contributed by atoms with Crippen LogP contribution in [-0.2, 0) is 19.1 Å². The van der Waals surface area contributed by atoms with Crippen LogP contribution in [0.4, 0.5) is 0 Å². The first-order chi connectivity index (χ1) is 13.5. The molecule has 0 bridgehead atoms. The Morgan fingerprint density at radius 3 is 2.66 bits per heavy atom. The van der Waals surface area contributed by atoms with Gasteiger partial charge in [0, 0.05) is 19.5 Å². The van der Waals surface area contributed by atoms with E-state index in [4.69, 9.17) is 11.2 Å². The van der Waals surface area contributed by atoms with Crippen LogP contribution in [0, 0.1) is 24.2 Å². The van der Waals surface area contributed by atoms with Crippen molar-refractivity contribution in [2.75, 3.05) is 32.8 Å². The molecule has 164 valence electrons. The largest absolute Gasteiger partial charge is 0.466 e. The Balaban J connectivity index is 0.00000420. The molecule has 2 aliphatic heterocycles. The van der Waals surface area contributed by atoms with Gasteiger partial charge in [-0.05, 0) is 58.0 Å². The molecule has 0 aromatic carbocycles. The zero-order chi connectivity index (χ0) is 20.4. The Morgan fingerprint density at radius 1 is 1.28 bits per heavy atom. The summed E-state index contributed by atoms with van der Waals surface area (Å²) < 4.78 is 4.88. The molecule has 0 radical (unpaired) electrons. The van der Waals surface area contributed by atoms with Crippen molar-refractivity contribution in [2.45, 2.75) is 57.9 Å². The van der Waals surface area contributed by atoms with Crippen LogP contribution in [-0.4, -0.2) is 61.5 Å². The second kappa shape index (κ2) is 13.4. The number of hydrogen-bond acceptors (Lipinski definition) is 5. The van der Waals surface area contributed by atoms with Gasteiger partial charge in [-0.1, -0.05) is 5.92 Å². The number of hydrogen-bond donors (Lipinski definition) is 2. The first-order valence-electron chi connectivity index (χ1n) is 10.4. The summed E-state index contributed by atoms with van der Waals surface area (Å²) in [6.45, 7) is 5.20. The molecular formula is C21H34ClN3O4. The van der Waals surface area contributed by atoms with Gasteiger partial charge in [-0.15, -0.1) is 18.8 Å². The van der Waals surface area contributed by atoms with E-state index in [1.807, 2.05) is 4.90 Å². The molecule has 0 spiro atoms. The Hall–Kier alpha value is -1.78. The van der Waals surface area contributed by atoms with E-state index in [1.54, 1.807) is 6.92 Å². The number of terminal acetylenes is 1. The van der Waals surface area contributed by atoms with Gasteiger partial charge >= 0.3 is 5.97 Å². The fourth-order valence-electron chi connectivity index (χ4n) is 3.90. The second-order valence-electron chi connectivity index (χ2n) is 7.65. The van der Waals surface area contributed by atoms with Gasteiger partial charge < -0.3 is 20.3 Å². The molecule has 0 saturated carbocycles. The third kappa shape index (κ3) is 8.63. The van der Waals surface area contributed by atoms with Crippen LogP contribution in [0.1, 0.15) is 51.9 Å². The van der Waals surface area contributed by atoms with Crippen molar-refractivity contribution in [1.29, 1.82) is 0 Å². The lowest BCUT2D eigenvalue weighted by Crippen LogP contribution is -2.47. The van der Waals surface area contributed by atoms with Crippen LogP contribution < -0.4 is 10.6 Å². The highest BCUT2D eigenvalue weighted by Gasteiger charge is 2.30. The van der Waals surface area contributed by atoms with Gasteiger partial charge in [-0.3, -0.25) is 14.4 Å². The number of esters is 1. The van der Waals surface area contributed by atoms with E-state index in [2.05, 4.69) is 16.6 Å². The number of halogens is 1. The summed E-state index contributed by atoms with van der Waals surface area (Å²) in [6, 6.07) is -0.683. The Morgan fingerprint density at radius 2 is 2.00 bits per heavy atom. The number of amides is 2. The van der Waals surface area contributed by atoms with Crippen molar-refractivity contribution in [3.63, 3.8) is 0 Å². The molecule has 29 heavy (non-hydrogen) atoms. The highest BCUT2D eigenvalue weighted by molar-refractivity contribution is 5.85. The monoisotopic (exact) mass is 427 g/mol. The fourth-order valence-corrected chi connectivity index (χ4v) is 3.90. The van der Waals surface area contributed by atoms with E-state index < -0.39 is 12.0 Å². The highest BCUT2D eigenvalue weighted by atomic mass is 35.5. The van der Waals surface area contributed by atoms with E-state index in [-0.39, 0.29) is 43.2 Å². The summed E-state index contributed by atoms with van der Waals surface area (Å²) in [5.74, 6) is 2.29. The summed E-state index contributed by atoms with van der Waals surface area (Å²) >= 11 is 0. The minimum absolute atomic E-state index is 0. The minimum Gasteiger partial charge on any atom is -0.466 e. The van der Waals surface area contributed by atoms with Crippen molar-refractivity contribution in [3.8, 4) is 12.3 Å². The lowest BCUT2D eigenvalue weighted by atomic mass is 9.92. The molecule has 2 amide bonds. The molecule has 8 heteroatoms. The molecule has 0 aromatic rings. The van der Waals surface area contributed by atoms with Gasteiger partial charge in [0.1, 0.15) is 6.04 Å². The normalized spacial score (nSPS) is 20.7. The molecule has 2 atom stereocenters. The average Bonchev–Trinajstić information content (AvgIpc) is 2.72. The number of ether oxygens (including phenoxy) is 1. The van der Waals surface area contributed by atoms with Gasteiger partial charge in [0.25, 0.3) is 0 Å². The number of piperidine rings is 2. The second-order valence-corrected chi connectivity index (χ2v) is 7.65. The first kappa shape index (κ1) is 25.3. The van der Waals surface area contributed by atoms with Crippen molar-refractivity contribution in [1.82, 2.24) is 15.5 Å². The van der Waals surface area contributed by atoms with Crippen molar-refractivity contribution < 1.29 is 19.1 Å². The van der Waals surface area contributed by atoms with Gasteiger partial charge in [0.15, 0.2) is 0 Å². The van der Waals surface area contributed by atoms with E-state index >= 15 is 0 Å². The Bertz CT molecular complexity index is 587. The van der Waals surface area contributed by atoms with Crippen molar-refractivity contribution >= 4 is 30.2 Å². The molecule has 2 heterocycles. The standard InChI is InChI=1S/C21H33N3O4.ClH/c1-3-18(14-20(26)28-4-2)23-21(27)17-6-5-13-24(15-17)19(25)8-7-16-9-11-22-12-10-16;/h1,16-18,22H,4-15H2,2H3,(H,23,27);1H/t17-,18?;/m1./s1. The van der Waals surface area contributed by atoms with Gasteiger partial charge in [0.05, 0.1) is 18.9 Å². The van der Waals surface area contributed by atoms with Gasteiger partial charge in [-0.25, -0.2) is 0 Å². The van der Waals surface area contributed by atoms with Crippen LogP contribution >= 0.6 is 12.4 Å². The van der Waals surface area contributed by atoms with E-state index in [9.17, 15) is 14.4 Å². The minimum atomic E-state index is -0.683. The molecule has 2 fully saturated rings. The first-order valence-corrected chi connectivity index (χ1v) is 10.4. The number of carbonyl (C=O) groups excluding carboxylic acids is 3. The molecule has 0 aromatic heterocycles. The predicted molar refractivity (Wildman–Crippen MR) is 113 cm³/mol. The van der Waals surface area contributed by atoms with Gasteiger partial charge in [0.2, 0.25) is 11.8 Å². The van der Waals surface area contributed by atoms with E-state index in [1.165, 1.54) is 0 Å². The molecule has 7 nitrogen and oxygen atoms in total. The quantitative estimate of drug-likeness (QED) is 0.452. The maximum atomic E-state index is 12.6. The van der Waals surface area contributed by atoms with Crippen LogP contribution in [0.25, 0.3) is 0 Å². The molecule has 2 aliphatic rings. The summed E-state index contributed by atoms with van der Waals surface area (Å²) in [6.07, 6.45) is 10.7. The zero-order valence-corrected chi connectivity index (χ0v) is 18.1. The smallest absolute Gasteiger partial charge is 0.308 e. The maximum Gasteiger partial charge on any atom is 0.308 e. The van der Waals surface area contributed by atoms with Crippen LogP contribution in [0.2, 0.25) is 0 Å². The van der Waals surface area contributed by atoms with Crippen LogP contribution in [0.3, 0.4) is 0 Å². The summed E-state index contributed by atoms with van der Waals surface area (Å²) in [5.41, 5.74) is 0. The molecule has 0 aliphatic carbocycles. The maximum absolute atomic E-state index is 12.6. The van der Waals surface area contributed by atoms with E-state index in [0.29, 0.717) is 25.4 Å². The number of likely N-dealkylation sites (tertiary alicyclic amines) is 1. The molecule has 2 rings (SSSR count). The van der Waals surface area contributed by atoms with Crippen molar-refractivity contribution in [3.05, 3.63) is 0 Å². The third-order valence-electron chi connectivity index (χ3n) is 5.56. The summed E-state index contributed by atoms with van der Waals surface area (Å²) in [7, 11) is 0. The number of nitrogens with one attached hydrogen (secondary N) is 2. The predicted octanol–water partition coefficient (Wildman–Crippen LogP) is 1.50. The lowest BCUT2D eigenvalue weighted by molar-refractivity contribution is -0.143. The van der Waals surface area contributed by atoms with E-state index in [0.717, 1.165) is 45.2 Å². The number of carbonyl (C=O) groups is 3. The fraction of sp³-hybridized carbons (Fsp3) is 0.762.